The van der Waals surface area contributed by atoms with E-state index >= 15 is 0 Å². The minimum Gasteiger partial charge on any atom is -0.492 e. The maximum Gasteiger partial charge on any atom is 0.343 e. The zero-order valence-electron chi connectivity index (χ0n) is 24.6. The molecule has 0 bridgehead atoms. The third-order valence-corrected chi connectivity index (χ3v) is 6.09. The van der Waals surface area contributed by atoms with Crippen LogP contribution in [0.3, 0.4) is 0 Å². The fraction of sp³-hybridized carbons (Fsp3) is 0.433. The third kappa shape index (κ3) is 8.69. The van der Waals surface area contributed by atoms with Gasteiger partial charge in [-0.3, -0.25) is 14.4 Å². The summed E-state index contributed by atoms with van der Waals surface area (Å²) in [6.07, 6.45) is -0.413. The van der Waals surface area contributed by atoms with E-state index in [0.29, 0.717) is 17.0 Å². The first-order chi connectivity index (χ1) is 19.4. The van der Waals surface area contributed by atoms with Gasteiger partial charge in [-0.25, -0.2) is 9.79 Å². The lowest BCUT2D eigenvalue weighted by molar-refractivity contribution is -0.170. The van der Waals surface area contributed by atoms with Gasteiger partial charge in [-0.1, -0.05) is 6.07 Å². The van der Waals surface area contributed by atoms with E-state index in [0.717, 1.165) is 0 Å². The Hall–Kier alpha value is -4.61. The van der Waals surface area contributed by atoms with Gasteiger partial charge in [-0.15, -0.1) is 0 Å². The molecule has 2 aromatic carbocycles. The predicted octanol–water partition coefficient (Wildman–Crippen LogP) is 3.08. The zero-order valence-corrected chi connectivity index (χ0v) is 24.6. The Kier molecular flexibility index (Phi) is 9.50. The number of hydrogen-bond donors (Lipinski definition) is 3. The highest BCUT2D eigenvalue weighted by molar-refractivity contribution is 5.92. The van der Waals surface area contributed by atoms with Gasteiger partial charge >= 0.3 is 17.9 Å². The normalized spacial score (nSPS) is 15.8. The van der Waals surface area contributed by atoms with Crippen molar-refractivity contribution in [3.05, 3.63) is 53.6 Å². The molecule has 0 aliphatic carbocycles. The first-order valence-electron chi connectivity index (χ1n) is 13.4. The number of carbonyl (C=O) groups excluding carboxylic acids is 4. The molecule has 0 fully saturated rings. The third-order valence-electron chi connectivity index (χ3n) is 6.09. The molecule has 42 heavy (non-hydrogen) atoms. The van der Waals surface area contributed by atoms with Gasteiger partial charge in [-0.2, -0.15) is 0 Å². The average molecular weight is 583 g/mol. The van der Waals surface area contributed by atoms with E-state index in [1.165, 1.54) is 18.2 Å². The highest BCUT2D eigenvalue weighted by Gasteiger charge is 2.45. The van der Waals surface area contributed by atoms with E-state index in [1.807, 2.05) is 0 Å². The van der Waals surface area contributed by atoms with E-state index in [4.69, 9.17) is 36.1 Å². The quantitative estimate of drug-likeness (QED) is 0.171. The van der Waals surface area contributed by atoms with Gasteiger partial charge in [0.2, 0.25) is 5.91 Å². The lowest BCUT2D eigenvalue weighted by atomic mass is 9.76. The van der Waals surface area contributed by atoms with Crippen molar-refractivity contribution >= 4 is 35.5 Å². The van der Waals surface area contributed by atoms with Crippen molar-refractivity contribution in [1.82, 2.24) is 0 Å². The number of primary amides is 1. The molecule has 1 heterocycles. The number of ether oxygens (including phenoxy) is 4. The number of guanidine groups is 1. The SMILES string of the molecule is CC(C)(C)OC(=O)C[C@H](C(=O)OC(C)(C)C)C(C(N)=O)[C@H]1COc2cc(OC(=O)c3ccc(N=C(N)N)cc3)ccc21. The van der Waals surface area contributed by atoms with E-state index in [-0.39, 0.29) is 23.9 Å². The Bertz CT molecular complexity index is 1370. The molecule has 2 aromatic rings. The fourth-order valence-corrected chi connectivity index (χ4v) is 4.54. The van der Waals surface area contributed by atoms with Crippen LogP contribution in [0.15, 0.2) is 47.5 Å². The number of esters is 3. The Morgan fingerprint density at radius 2 is 1.55 bits per heavy atom. The number of amides is 1. The number of aliphatic imine (C=N–C) groups is 1. The minimum atomic E-state index is -1.23. The summed E-state index contributed by atoms with van der Waals surface area (Å²) in [4.78, 5) is 55.5. The molecular weight excluding hydrogens is 544 g/mol. The molecule has 0 saturated heterocycles. The molecule has 0 radical (unpaired) electrons. The summed E-state index contributed by atoms with van der Waals surface area (Å²) in [6, 6.07) is 10.8. The maximum absolute atomic E-state index is 13.3. The second-order valence-corrected chi connectivity index (χ2v) is 11.9. The van der Waals surface area contributed by atoms with Crippen LogP contribution < -0.4 is 26.7 Å². The Balaban J connectivity index is 1.86. The highest BCUT2D eigenvalue weighted by Crippen LogP contribution is 2.44. The standard InChI is InChI=1S/C30H38N4O8/c1-29(2,3)41-23(35)14-20(27(38)42-30(4,5)6)24(25(31)36)21-15-39-22-13-18(11-12-19(21)22)40-26(37)16-7-9-17(10-8-16)34-28(32)33/h7-13,20-21,24H,14-15H2,1-6H3,(H2,31,36)(H4,32,33,34)/t20-,21-,24?/m0/s1. The van der Waals surface area contributed by atoms with E-state index < -0.39 is 59.2 Å². The summed E-state index contributed by atoms with van der Waals surface area (Å²) in [6.45, 7) is 10.2. The summed E-state index contributed by atoms with van der Waals surface area (Å²) in [7, 11) is 0. The van der Waals surface area contributed by atoms with Crippen molar-refractivity contribution in [3.63, 3.8) is 0 Å². The van der Waals surface area contributed by atoms with Crippen LogP contribution in [-0.4, -0.2) is 47.6 Å². The average Bonchev–Trinajstić information content (AvgIpc) is 3.24. The lowest BCUT2D eigenvalue weighted by Crippen LogP contribution is -2.43. The molecule has 0 spiro atoms. The van der Waals surface area contributed by atoms with Crippen molar-refractivity contribution in [3.8, 4) is 11.5 Å². The second kappa shape index (κ2) is 12.5. The molecule has 12 heteroatoms. The number of rotatable bonds is 9. The van der Waals surface area contributed by atoms with Crippen LogP contribution in [0.1, 0.15) is 69.8 Å². The van der Waals surface area contributed by atoms with Crippen molar-refractivity contribution in [1.29, 1.82) is 0 Å². The van der Waals surface area contributed by atoms with E-state index in [9.17, 15) is 19.2 Å². The lowest BCUT2D eigenvalue weighted by Gasteiger charge is -2.30. The van der Waals surface area contributed by atoms with Crippen molar-refractivity contribution in [2.24, 2.45) is 34.0 Å². The Labute approximate surface area is 244 Å². The highest BCUT2D eigenvalue weighted by atomic mass is 16.6. The van der Waals surface area contributed by atoms with Gasteiger partial charge in [0.15, 0.2) is 5.96 Å². The molecule has 1 aliphatic heterocycles. The first kappa shape index (κ1) is 31.9. The monoisotopic (exact) mass is 582 g/mol. The van der Waals surface area contributed by atoms with Crippen LogP contribution >= 0.6 is 0 Å². The molecular formula is C30H38N4O8. The van der Waals surface area contributed by atoms with E-state index in [2.05, 4.69) is 4.99 Å². The molecule has 3 atom stereocenters. The number of nitrogens with two attached hydrogens (primary N) is 3. The fourth-order valence-electron chi connectivity index (χ4n) is 4.54. The number of nitrogens with zero attached hydrogens (tertiary/aromatic N) is 1. The Morgan fingerprint density at radius 3 is 2.10 bits per heavy atom. The summed E-state index contributed by atoms with van der Waals surface area (Å²) < 4.78 is 22.3. The van der Waals surface area contributed by atoms with Gasteiger partial charge in [-0.05, 0) is 71.9 Å². The van der Waals surface area contributed by atoms with Gasteiger partial charge in [0, 0.05) is 17.5 Å². The summed E-state index contributed by atoms with van der Waals surface area (Å²) in [5, 5.41) is 0. The van der Waals surface area contributed by atoms with Crippen molar-refractivity contribution in [2.45, 2.75) is 65.1 Å². The minimum absolute atomic E-state index is 0.000208. The first-order valence-corrected chi connectivity index (χ1v) is 13.4. The summed E-state index contributed by atoms with van der Waals surface area (Å²) >= 11 is 0. The van der Waals surface area contributed by atoms with Crippen molar-refractivity contribution in [2.75, 3.05) is 6.61 Å². The molecule has 0 aromatic heterocycles. The van der Waals surface area contributed by atoms with Crippen molar-refractivity contribution < 1.29 is 38.1 Å². The second-order valence-electron chi connectivity index (χ2n) is 11.9. The number of fused-ring (bicyclic) bond motifs is 1. The van der Waals surface area contributed by atoms with Crippen LogP contribution in [-0.2, 0) is 23.9 Å². The van der Waals surface area contributed by atoms with Crippen LogP contribution in [0, 0.1) is 11.8 Å². The maximum atomic E-state index is 13.3. The molecule has 6 N–H and O–H groups in total. The summed E-state index contributed by atoms with van der Waals surface area (Å²) in [5.74, 6) is -5.46. The molecule has 3 rings (SSSR count). The van der Waals surface area contributed by atoms with Crippen LogP contribution in [0.25, 0.3) is 0 Å². The molecule has 12 nitrogen and oxygen atoms in total. The molecule has 1 aliphatic rings. The zero-order chi connectivity index (χ0) is 31.4. The van der Waals surface area contributed by atoms with Gasteiger partial charge in [0.25, 0.3) is 0 Å². The number of carbonyl (C=O) groups is 4. The molecule has 226 valence electrons. The Morgan fingerprint density at radius 1 is 0.929 bits per heavy atom. The van der Waals surface area contributed by atoms with Crippen LogP contribution in [0.2, 0.25) is 0 Å². The largest absolute Gasteiger partial charge is 0.492 e. The topological polar surface area (TPSA) is 196 Å². The molecule has 1 amide bonds. The number of benzene rings is 2. The van der Waals surface area contributed by atoms with E-state index in [1.54, 1.807) is 65.8 Å². The smallest absolute Gasteiger partial charge is 0.343 e. The summed E-state index contributed by atoms with van der Waals surface area (Å²) in [5.41, 5.74) is 16.2. The van der Waals surface area contributed by atoms with Gasteiger partial charge < -0.3 is 36.1 Å². The number of hydrogen-bond acceptors (Lipinski definition) is 9. The molecule has 0 saturated carbocycles. The predicted molar refractivity (Wildman–Crippen MR) is 154 cm³/mol. The van der Waals surface area contributed by atoms with Crippen LogP contribution in [0.5, 0.6) is 11.5 Å². The van der Waals surface area contributed by atoms with Gasteiger partial charge in [0.1, 0.15) is 22.7 Å². The molecule has 1 unspecified atom stereocenters. The van der Waals surface area contributed by atoms with Crippen LogP contribution in [0.4, 0.5) is 5.69 Å². The van der Waals surface area contributed by atoms with Gasteiger partial charge in [0.05, 0.1) is 36.1 Å².